The predicted molar refractivity (Wildman–Crippen MR) is 80.0 cm³/mol. The molecule has 0 N–H and O–H groups in total. The Labute approximate surface area is 124 Å². The van der Waals surface area contributed by atoms with E-state index in [2.05, 4.69) is 6.92 Å². The van der Waals surface area contributed by atoms with Gasteiger partial charge in [-0.05, 0) is 37.0 Å². The van der Waals surface area contributed by atoms with Gasteiger partial charge in [-0.3, -0.25) is 4.79 Å². The van der Waals surface area contributed by atoms with Gasteiger partial charge >= 0.3 is 0 Å². The summed E-state index contributed by atoms with van der Waals surface area (Å²) < 4.78 is 0. The molecule has 0 heterocycles. The third-order valence-corrected chi connectivity index (χ3v) is 4.79. The minimum atomic E-state index is 0.0253. The summed E-state index contributed by atoms with van der Waals surface area (Å²) >= 11 is 11.9. The lowest BCUT2D eigenvalue weighted by molar-refractivity contribution is 0.0629. The second-order valence-electron chi connectivity index (χ2n) is 5.37. The fourth-order valence-electron chi connectivity index (χ4n) is 2.86. The molecule has 1 amide bonds. The van der Waals surface area contributed by atoms with Gasteiger partial charge in [-0.15, -0.1) is 0 Å². The van der Waals surface area contributed by atoms with Crippen molar-refractivity contribution in [1.82, 2.24) is 4.90 Å². The number of halogens is 2. The topological polar surface area (TPSA) is 20.3 Å². The Kier molecular flexibility index (Phi) is 4.75. The SMILES string of the molecule is CC1CCCCC1N(C)C(=O)c1ccc(Cl)c(Cl)c1. The molecule has 2 nitrogen and oxygen atoms in total. The first kappa shape index (κ1) is 14.7. The number of hydrogen-bond acceptors (Lipinski definition) is 1. The average molecular weight is 300 g/mol. The molecule has 1 fully saturated rings. The second kappa shape index (κ2) is 6.15. The maximum absolute atomic E-state index is 12.5. The zero-order valence-corrected chi connectivity index (χ0v) is 12.8. The van der Waals surface area contributed by atoms with E-state index in [4.69, 9.17) is 23.2 Å². The van der Waals surface area contributed by atoms with Crippen molar-refractivity contribution in [2.45, 2.75) is 38.6 Å². The van der Waals surface area contributed by atoms with Gasteiger partial charge in [0.1, 0.15) is 0 Å². The number of carbonyl (C=O) groups is 1. The zero-order chi connectivity index (χ0) is 14.0. The van der Waals surface area contributed by atoms with Crippen LogP contribution < -0.4 is 0 Å². The molecule has 2 unspecified atom stereocenters. The van der Waals surface area contributed by atoms with Crippen molar-refractivity contribution in [1.29, 1.82) is 0 Å². The zero-order valence-electron chi connectivity index (χ0n) is 11.3. The third-order valence-electron chi connectivity index (χ3n) is 4.05. The molecule has 0 spiro atoms. The molecule has 1 aliphatic rings. The first-order valence-electron chi connectivity index (χ1n) is 6.73. The Balaban J connectivity index is 2.15. The highest BCUT2D eigenvalue weighted by Crippen LogP contribution is 2.29. The summed E-state index contributed by atoms with van der Waals surface area (Å²) in [6, 6.07) is 5.39. The van der Waals surface area contributed by atoms with Crippen LogP contribution in [0, 0.1) is 5.92 Å². The lowest BCUT2D eigenvalue weighted by Crippen LogP contribution is -2.42. The van der Waals surface area contributed by atoms with Crippen LogP contribution in [0.4, 0.5) is 0 Å². The number of rotatable bonds is 2. The van der Waals surface area contributed by atoms with E-state index < -0.39 is 0 Å². The van der Waals surface area contributed by atoms with Gasteiger partial charge in [0.15, 0.2) is 0 Å². The molecule has 1 aromatic rings. The molecule has 19 heavy (non-hydrogen) atoms. The molecule has 104 valence electrons. The summed E-state index contributed by atoms with van der Waals surface area (Å²) in [6.07, 6.45) is 4.76. The van der Waals surface area contributed by atoms with Crippen LogP contribution >= 0.6 is 23.2 Å². The van der Waals surface area contributed by atoms with E-state index in [0.717, 1.165) is 6.42 Å². The quantitative estimate of drug-likeness (QED) is 0.779. The Morgan fingerprint density at radius 2 is 1.89 bits per heavy atom. The summed E-state index contributed by atoms with van der Waals surface area (Å²) in [6.45, 7) is 2.22. The largest absolute Gasteiger partial charge is 0.338 e. The average Bonchev–Trinajstić information content (AvgIpc) is 2.41. The summed E-state index contributed by atoms with van der Waals surface area (Å²) in [7, 11) is 1.89. The van der Waals surface area contributed by atoms with Crippen molar-refractivity contribution in [3.8, 4) is 0 Å². The van der Waals surface area contributed by atoms with Crippen molar-refractivity contribution in [3.05, 3.63) is 33.8 Å². The van der Waals surface area contributed by atoms with E-state index >= 15 is 0 Å². The molecular formula is C15H19Cl2NO. The highest BCUT2D eigenvalue weighted by molar-refractivity contribution is 6.42. The molecular weight excluding hydrogens is 281 g/mol. The Hall–Kier alpha value is -0.730. The van der Waals surface area contributed by atoms with Gasteiger partial charge in [0, 0.05) is 18.7 Å². The first-order valence-corrected chi connectivity index (χ1v) is 7.48. The lowest BCUT2D eigenvalue weighted by atomic mass is 9.85. The van der Waals surface area contributed by atoms with E-state index in [1.54, 1.807) is 18.2 Å². The van der Waals surface area contributed by atoms with Gasteiger partial charge in [0.2, 0.25) is 0 Å². The van der Waals surface area contributed by atoms with Gasteiger partial charge < -0.3 is 4.90 Å². The number of nitrogens with zero attached hydrogens (tertiary/aromatic N) is 1. The van der Waals surface area contributed by atoms with Crippen LogP contribution in [-0.4, -0.2) is 23.9 Å². The maximum atomic E-state index is 12.5. The van der Waals surface area contributed by atoms with Crippen molar-refractivity contribution in [3.63, 3.8) is 0 Å². The molecule has 0 aromatic heterocycles. The molecule has 2 rings (SSSR count). The number of hydrogen-bond donors (Lipinski definition) is 0. The minimum absolute atomic E-state index is 0.0253. The van der Waals surface area contributed by atoms with Gasteiger partial charge in [-0.1, -0.05) is 43.0 Å². The third kappa shape index (κ3) is 3.24. The molecule has 0 saturated heterocycles. The van der Waals surface area contributed by atoms with Gasteiger partial charge in [-0.25, -0.2) is 0 Å². The van der Waals surface area contributed by atoms with Gasteiger partial charge in [0.25, 0.3) is 5.91 Å². The van der Waals surface area contributed by atoms with E-state index in [9.17, 15) is 4.79 Å². The minimum Gasteiger partial charge on any atom is -0.338 e. The smallest absolute Gasteiger partial charge is 0.253 e. The van der Waals surface area contributed by atoms with E-state index in [1.165, 1.54) is 19.3 Å². The predicted octanol–water partition coefficient (Wildman–Crippen LogP) is 4.64. The van der Waals surface area contributed by atoms with E-state index in [-0.39, 0.29) is 5.91 Å². The Bertz CT molecular complexity index is 475. The maximum Gasteiger partial charge on any atom is 0.253 e. The van der Waals surface area contributed by atoms with Crippen LogP contribution in [0.2, 0.25) is 10.0 Å². The van der Waals surface area contributed by atoms with Crippen LogP contribution in [0.25, 0.3) is 0 Å². The summed E-state index contributed by atoms with van der Waals surface area (Å²) in [4.78, 5) is 14.3. The highest BCUT2D eigenvalue weighted by Gasteiger charge is 2.28. The van der Waals surface area contributed by atoms with Crippen molar-refractivity contribution in [2.75, 3.05) is 7.05 Å². The fourth-order valence-corrected chi connectivity index (χ4v) is 3.15. The van der Waals surface area contributed by atoms with Crippen LogP contribution in [0.15, 0.2) is 18.2 Å². The Morgan fingerprint density at radius 3 is 2.53 bits per heavy atom. The fraction of sp³-hybridized carbons (Fsp3) is 0.533. The molecule has 4 heteroatoms. The van der Waals surface area contributed by atoms with Crippen molar-refractivity contribution >= 4 is 29.1 Å². The lowest BCUT2D eigenvalue weighted by Gasteiger charge is -2.36. The van der Waals surface area contributed by atoms with Gasteiger partial charge in [-0.2, -0.15) is 0 Å². The number of carbonyl (C=O) groups excluding carboxylic acids is 1. The van der Waals surface area contributed by atoms with Crippen LogP contribution in [0.3, 0.4) is 0 Å². The molecule has 0 bridgehead atoms. The van der Waals surface area contributed by atoms with Crippen molar-refractivity contribution in [2.24, 2.45) is 5.92 Å². The van der Waals surface area contributed by atoms with E-state index in [1.807, 2.05) is 11.9 Å². The van der Waals surface area contributed by atoms with Crippen molar-refractivity contribution < 1.29 is 4.79 Å². The Morgan fingerprint density at radius 1 is 1.21 bits per heavy atom. The molecule has 2 atom stereocenters. The monoisotopic (exact) mass is 299 g/mol. The molecule has 1 saturated carbocycles. The molecule has 0 radical (unpaired) electrons. The molecule has 1 aliphatic carbocycles. The van der Waals surface area contributed by atoms with Crippen LogP contribution in [0.5, 0.6) is 0 Å². The van der Waals surface area contributed by atoms with Crippen LogP contribution in [0.1, 0.15) is 43.0 Å². The summed E-state index contributed by atoms with van der Waals surface area (Å²) in [5.41, 5.74) is 0.606. The van der Waals surface area contributed by atoms with Gasteiger partial charge in [0.05, 0.1) is 10.0 Å². The normalized spacial score (nSPS) is 23.2. The summed E-state index contributed by atoms with van der Waals surface area (Å²) in [5, 5.41) is 0.907. The number of amides is 1. The molecule has 1 aromatic carbocycles. The second-order valence-corrected chi connectivity index (χ2v) is 6.19. The standard InChI is InChI=1S/C15H19Cl2NO/c1-10-5-3-4-6-14(10)18(2)15(19)11-7-8-12(16)13(17)9-11/h7-10,14H,3-6H2,1-2H3. The molecule has 0 aliphatic heterocycles. The highest BCUT2D eigenvalue weighted by atomic mass is 35.5. The first-order chi connectivity index (χ1) is 9.00. The van der Waals surface area contributed by atoms with E-state index in [0.29, 0.717) is 27.6 Å². The summed E-state index contributed by atoms with van der Waals surface area (Å²) in [5.74, 6) is 0.586. The van der Waals surface area contributed by atoms with Crippen LogP contribution in [-0.2, 0) is 0 Å². The number of benzene rings is 1.